The molecule has 60 valence electrons. The van der Waals surface area contributed by atoms with E-state index in [9.17, 15) is 0 Å². The standard InChI is InChI=1S/C5H5.C3H5.ClH.Pd/c1-2-4-5-3-1;1-3-2;;/h1-5H;3H,1-2H2;1H;/q2*-1;;+2/p-1. The van der Waals surface area contributed by atoms with Crippen molar-refractivity contribution in [1.29, 1.82) is 0 Å². The maximum Gasteiger partial charge on any atom is -0.172 e. The van der Waals surface area contributed by atoms with Gasteiger partial charge in [0.15, 0.2) is 0 Å². The Labute approximate surface area is 77.6 Å². The zero-order chi connectivity index (χ0) is 8.24. The molecule has 0 unspecified atom stereocenters. The van der Waals surface area contributed by atoms with Crippen LogP contribution in [0.1, 0.15) is 0 Å². The monoisotopic (exact) mass is 247 g/mol. The minimum absolute atomic E-state index is 1.50. The van der Waals surface area contributed by atoms with Crippen LogP contribution in [0.25, 0.3) is 0 Å². The van der Waals surface area contributed by atoms with Gasteiger partial charge in [0, 0.05) is 0 Å². The van der Waals surface area contributed by atoms with E-state index in [1.165, 1.54) is 6.08 Å². The van der Waals surface area contributed by atoms with Gasteiger partial charge >= 0.3 is 27.7 Å². The van der Waals surface area contributed by atoms with Crippen LogP contribution in [0.4, 0.5) is 0 Å². The topological polar surface area (TPSA) is 0 Å². The summed E-state index contributed by atoms with van der Waals surface area (Å²) < 4.78 is 0. The van der Waals surface area contributed by atoms with Crippen molar-refractivity contribution < 1.29 is 18.2 Å². The zero-order valence-electron chi connectivity index (χ0n) is 5.57. The van der Waals surface area contributed by atoms with Gasteiger partial charge in [0.25, 0.3) is 0 Å². The Morgan fingerprint density at radius 2 is 1.70 bits per heavy atom. The maximum absolute atomic E-state index is 4.49. The molecule has 0 N–H and O–H groups in total. The number of halogens is 1. The van der Waals surface area contributed by atoms with Crippen molar-refractivity contribution >= 4 is 9.53 Å². The van der Waals surface area contributed by atoms with Crippen molar-refractivity contribution in [2.75, 3.05) is 0 Å². The second kappa shape index (κ2) is 16.0. The number of hydrogen-bond acceptors (Lipinski definition) is 0. The number of rotatable bonds is 0. The minimum atomic E-state index is 1.50. The van der Waals surface area contributed by atoms with Gasteiger partial charge in [0.1, 0.15) is 0 Å². The minimum Gasteiger partial charge on any atom is -0.214 e. The fourth-order valence-electron chi connectivity index (χ4n) is 0.321. The maximum atomic E-state index is 4.49. The second-order valence-electron chi connectivity index (χ2n) is 1.25. The van der Waals surface area contributed by atoms with Crippen molar-refractivity contribution in [1.82, 2.24) is 0 Å². The van der Waals surface area contributed by atoms with Gasteiger partial charge in [-0.25, -0.2) is 31.7 Å². The Hall–Kier alpha value is -0.0877. The summed E-state index contributed by atoms with van der Waals surface area (Å²) in [7, 11) is 4.49. The van der Waals surface area contributed by atoms with E-state index in [4.69, 9.17) is 0 Å². The fourth-order valence-corrected chi connectivity index (χ4v) is 0.321. The summed E-state index contributed by atoms with van der Waals surface area (Å²) >= 11 is 2.22. The van der Waals surface area contributed by atoms with Crippen LogP contribution in [0.2, 0.25) is 0 Å². The average molecular weight is 248 g/mol. The van der Waals surface area contributed by atoms with Crippen molar-refractivity contribution in [2.45, 2.75) is 0 Å². The third-order valence-corrected chi connectivity index (χ3v) is 0.556. The van der Waals surface area contributed by atoms with E-state index in [0.717, 1.165) is 0 Å². The molecule has 0 saturated carbocycles. The Morgan fingerprint density at radius 3 is 1.80 bits per heavy atom. The Kier molecular flexibility index (Phi) is 20.1. The molecule has 1 rings (SSSR count). The first-order chi connectivity index (χ1) is 4.91. The first kappa shape index (κ1) is 12.6. The SMILES string of the molecule is C=C[CH2-].[Cl][Pd+].c1cc[cH-]c1. The van der Waals surface area contributed by atoms with Crippen LogP contribution in [-0.4, -0.2) is 0 Å². The van der Waals surface area contributed by atoms with E-state index < -0.39 is 0 Å². The molecule has 0 aliphatic rings. The predicted octanol–water partition coefficient (Wildman–Crippen LogP) is 3.10. The Balaban J connectivity index is 0. The summed E-state index contributed by atoms with van der Waals surface area (Å²) in [6.07, 6.45) is 1.50. The first-order valence-electron chi connectivity index (χ1n) is 2.60. The van der Waals surface area contributed by atoms with Gasteiger partial charge in [0.05, 0.1) is 0 Å². The summed E-state index contributed by atoms with van der Waals surface area (Å²) in [5, 5.41) is 0. The van der Waals surface area contributed by atoms with E-state index in [1.54, 1.807) is 0 Å². The molecule has 0 aliphatic carbocycles. The van der Waals surface area contributed by atoms with Gasteiger partial charge in [0.2, 0.25) is 0 Å². The molecule has 1 aromatic rings. The van der Waals surface area contributed by atoms with E-state index in [2.05, 4.69) is 41.2 Å². The second-order valence-corrected chi connectivity index (χ2v) is 1.25. The van der Waals surface area contributed by atoms with Gasteiger partial charge in [-0.2, -0.15) is 18.2 Å². The van der Waals surface area contributed by atoms with E-state index in [-0.39, 0.29) is 0 Å². The molecule has 0 saturated heterocycles. The molecule has 0 heterocycles. The molecule has 0 spiro atoms. The van der Waals surface area contributed by atoms with Gasteiger partial charge in [-0.1, -0.05) is 0 Å². The van der Waals surface area contributed by atoms with E-state index in [1.807, 2.05) is 30.3 Å². The zero-order valence-corrected chi connectivity index (χ0v) is 7.88. The smallest absolute Gasteiger partial charge is 0.172 e. The van der Waals surface area contributed by atoms with E-state index >= 15 is 0 Å². The number of hydrogen-bond donors (Lipinski definition) is 0. The van der Waals surface area contributed by atoms with Crippen molar-refractivity contribution in [2.24, 2.45) is 0 Å². The summed E-state index contributed by atoms with van der Waals surface area (Å²) in [6, 6.07) is 10.0. The molecule has 0 amide bonds. The van der Waals surface area contributed by atoms with Gasteiger partial charge < -0.3 is 0 Å². The largest absolute Gasteiger partial charge is 0.214 e. The van der Waals surface area contributed by atoms with Gasteiger partial charge in [-0.3, -0.25) is 0 Å². The van der Waals surface area contributed by atoms with Crippen molar-refractivity contribution in [3.05, 3.63) is 49.9 Å². The summed E-state index contributed by atoms with van der Waals surface area (Å²) in [5.41, 5.74) is 0. The molecular formula is C8H10ClPd-. The summed E-state index contributed by atoms with van der Waals surface area (Å²) in [6.45, 7) is 6.50. The van der Waals surface area contributed by atoms with Crippen LogP contribution in [-0.2, 0) is 18.2 Å². The van der Waals surface area contributed by atoms with Gasteiger partial charge in [-0.15, -0.1) is 0 Å². The van der Waals surface area contributed by atoms with Crippen LogP contribution < -0.4 is 0 Å². The molecule has 10 heavy (non-hydrogen) atoms. The number of allylic oxidation sites excluding steroid dienone is 1. The summed E-state index contributed by atoms with van der Waals surface area (Å²) in [4.78, 5) is 0. The Bertz CT molecular complexity index is 95.6. The predicted molar refractivity (Wildman–Crippen MR) is 43.4 cm³/mol. The Morgan fingerprint density at radius 1 is 1.40 bits per heavy atom. The van der Waals surface area contributed by atoms with Crippen LogP contribution in [0.15, 0.2) is 43.0 Å². The molecule has 0 atom stereocenters. The summed E-state index contributed by atoms with van der Waals surface area (Å²) in [5.74, 6) is 0. The first-order valence-corrected chi connectivity index (χ1v) is 4.60. The van der Waals surface area contributed by atoms with Crippen LogP contribution >= 0.6 is 9.53 Å². The average Bonchev–Trinajstić information content (AvgIpc) is 2.48. The van der Waals surface area contributed by atoms with Gasteiger partial charge in [-0.05, 0) is 0 Å². The molecule has 0 fully saturated rings. The molecule has 0 radical (unpaired) electrons. The van der Waals surface area contributed by atoms with Crippen LogP contribution in [0.5, 0.6) is 0 Å². The third kappa shape index (κ3) is 15.7. The van der Waals surface area contributed by atoms with Crippen molar-refractivity contribution in [3.63, 3.8) is 0 Å². The molecule has 0 bridgehead atoms. The molecule has 0 nitrogen and oxygen atoms in total. The van der Waals surface area contributed by atoms with Crippen molar-refractivity contribution in [3.8, 4) is 0 Å². The van der Waals surface area contributed by atoms with E-state index in [0.29, 0.717) is 0 Å². The third-order valence-electron chi connectivity index (χ3n) is 0.556. The molecular weight excluding hydrogens is 238 g/mol. The van der Waals surface area contributed by atoms with Crippen LogP contribution in [0.3, 0.4) is 0 Å². The normalized spacial score (nSPS) is 5.90. The molecule has 0 aliphatic heterocycles. The molecule has 2 heteroatoms. The fraction of sp³-hybridized carbons (Fsp3) is 0. The van der Waals surface area contributed by atoms with Crippen LogP contribution in [0, 0.1) is 6.92 Å². The molecule has 1 aromatic carbocycles. The quantitative estimate of drug-likeness (QED) is 0.488. The molecule has 0 aromatic heterocycles.